The van der Waals surface area contributed by atoms with Gasteiger partial charge in [-0.1, -0.05) is 18.7 Å². The molecule has 10 heteroatoms. The standard InChI is InChI=1S/C20H17N3O7/c1-11-15(8-13-9-17(29-2)18(30-3)10-16(13)23(27)28)19(24)22(21-11)14-6-4-5-12(7-14)20(25)26/h4-10,21H,1H2,2-3H3,(H,25,26)/p-1/b15-8-. The lowest BCUT2D eigenvalue weighted by Gasteiger charge is -2.08. The quantitative estimate of drug-likeness (QED) is 0.434. The van der Waals surface area contributed by atoms with Crippen LogP contribution in [0.15, 0.2) is 41.2 Å². The lowest BCUT2D eigenvalue weighted by Crippen LogP contribution is -2.34. The number of aromatic nitrogens is 2. The SMILES string of the molecule is C=c1[nH]n(-c2cccc(C(=O)[O-])c2)c(=O)/c1=C\c1cc(OC)c(OC)cc1[N+](=O)[O-]. The maximum Gasteiger partial charge on any atom is 0.280 e. The van der Waals surface area contributed by atoms with Gasteiger partial charge in [-0.2, -0.15) is 0 Å². The van der Waals surface area contributed by atoms with Crippen LogP contribution in [0.1, 0.15) is 15.9 Å². The van der Waals surface area contributed by atoms with Crippen molar-refractivity contribution in [3.8, 4) is 17.2 Å². The molecule has 10 nitrogen and oxygen atoms in total. The van der Waals surface area contributed by atoms with E-state index in [4.69, 9.17) is 9.47 Å². The van der Waals surface area contributed by atoms with Crippen molar-refractivity contribution in [1.29, 1.82) is 0 Å². The molecule has 0 fully saturated rings. The highest BCUT2D eigenvalue weighted by atomic mass is 16.6. The highest BCUT2D eigenvalue weighted by Crippen LogP contribution is 2.34. The third-order valence-corrected chi connectivity index (χ3v) is 4.37. The Morgan fingerprint density at radius 2 is 1.87 bits per heavy atom. The van der Waals surface area contributed by atoms with Crippen LogP contribution in [-0.2, 0) is 0 Å². The number of benzene rings is 2. The molecule has 0 unspecified atom stereocenters. The number of H-pyrrole nitrogens is 1. The average molecular weight is 410 g/mol. The van der Waals surface area contributed by atoms with E-state index in [1.165, 1.54) is 56.7 Å². The lowest BCUT2D eigenvalue weighted by molar-refractivity contribution is -0.385. The van der Waals surface area contributed by atoms with Crippen molar-refractivity contribution >= 4 is 24.3 Å². The number of nitrogens with one attached hydrogen (secondary N) is 1. The first-order valence-corrected chi connectivity index (χ1v) is 8.50. The fourth-order valence-electron chi connectivity index (χ4n) is 2.91. The van der Waals surface area contributed by atoms with Gasteiger partial charge in [-0.15, -0.1) is 0 Å². The third-order valence-electron chi connectivity index (χ3n) is 4.37. The van der Waals surface area contributed by atoms with Crippen LogP contribution >= 0.6 is 0 Å². The Labute approximate surface area is 169 Å². The van der Waals surface area contributed by atoms with Crippen molar-refractivity contribution in [3.63, 3.8) is 0 Å². The Kier molecular flexibility index (Phi) is 5.41. The molecule has 1 aromatic heterocycles. The molecule has 0 radical (unpaired) electrons. The summed E-state index contributed by atoms with van der Waals surface area (Å²) in [5.74, 6) is -0.974. The third kappa shape index (κ3) is 3.65. The van der Waals surface area contributed by atoms with E-state index in [0.29, 0.717) is 0 Å². The summed E-state index contributed by atoms with van der Waals surface area (Å²) in [5, 5.41) is 25.6. The van der Waals surface area contributed by atoms with Gasteiger partial charge in [0, 0.05) is 0 Å². The van der Waals surface area contributed by atoms with E-state index < -0.39 is 16.5 Å². The minimum atomic E-state index is -1.39. The minimum Gasteiger partial charge on any atom is -0.545 e. The summed E-state index contributed by atoms with van der Waals surface area (Å²) in [6.45, 7) is 3.77. The van der Waals surface area contributed by atoms with Crippen LogP contribution in [0.4, 0.5) is 5.69 Å². The van der Waals surface area contributed by atoms with Crippen molar-refractivity contribution in [1.82, 2.24) is 9.78 Å². The summed E-state index contributed by atoms with van der Waals surface area (Å²) in [5.41, 5.74) is -0.624. The van der Waals surface area contributed by atoms with E-state index in [-0.39, 0.29) is 44.6 Å². The topological polar surface area (TPSA) is 140 Å². The number of carbonyl (C=O) groups is 1. The van der Waals surface area contributed by atoms with Crippen LogP contribution in [0.25, 0.3) is 18.3 Å². The molecular weight excluding hydrogens is 394 g/mol. The molecule has 0 saturated carbocycles. The van der Waals surface area contributed by atoms with Crippen molar-refractivity contribution < 1.29 is 24.3 Å². The smallest absolute Gasteiger partial charge is 0.280 e. The number of nitro groups is 1. The zero-order chi connectivity index (χ0) is 22.0. The van der Waals surface area contributed by atoms with Crippen molar-refractivity contribution in [2.75, 3.05) is 14.2 Å². The van der Waals surface area contributed by atoms with Crippen LogP contribution < -0.4 is 30.7 Å². The molecule has 30 heavy (non-hydrogen) atoms. The minimum absolute atomic E-state index is 0.0594. The van der Waals surface area contributed by atoms with E-state index >= 15 is 0 Å². The van der Waals surface area contributed by atoms with Crippen LogP contribution in [0, 0.1) is 10.1 Å². The number of nitrogens with zero attached hydrogens (tertiary/aromatic N) is 2. The number of hydrogen-bond acceptors (Lipinski definition) is 7. The molecule has 3 rings (SSSR count). The molecule has 0 amide bonds. The van der Waals surface area contributed by atoms with Crippen molar-refractivity contribution in [2.45, 2.75) is 0 Å². The number of carboxylic acid groups (broad SMARTS) is 1. The molecule has 0 spiro atoms. The number of hydrogen-bond donors (Lipinski definition) is 1. The molecule has 3 aromatic rings. The Bertz CT molecular complexity index is 1320. The summed E-state index contributed by atoms with van der Waals surface area (Å²) < 4.78 is 11.4. The van der Waals surface area contributed by atoms with E-state index in [2.05, 4.69) is 11.7 Å². The van der Waals surface area contributed by atoms with Crippen molar-refractivity contribution in [3.05, 3.63) is 78.6 Å². The van der Waals surface area contributed by atoms with Crippen LogP contribution in [-0.4, -0.2) is 34.9 Å². The second-order valence-electron chi connectivity index (χ2n) is 6.15. The summed E-state index contributed by atoms with van der Waals surface area (Å²) in [6.07, 6.45) is 1.31. The van der Waals surface area contributed by atoms with E-state index in [9.17, 15) is 24.8 Å². The number of rotatable bonds is 6. The fourth-order valence-corrected chi connectivity index (χ4v) is 2.91. The van der Waals surface area contributed by atoms with E-state index in [0.717, 1.165) is 4.68 Å². The van der Waals surface area contributed by atoms with E-state index in [1.807, 2.05) is 0 Å². The van der Waals surface area contributed by atoms with Gasteiger partial charge in [0.05, 0.1) is 53.0 Å². The van der Waals surface area contributed by atoms with Gasteiger partial charge in [0.2, 0.25) is 0 Å². The number of carboxylic acids is 1. The molecule has 0 aliphatic heterocycles. The number of methoxy groups -OCH3 is 2. The molecule has 154 valence electrons. The number of aromatic amines is 1. The first-order valence-electron chi connectivity index (χ1n) is 8.50. The Balaban J connectivity index is 2.25. The van der Waals surface area contributed by atoms with Gasteiger partial charge >= 0.3 is 0 Å². The van der Waals surface area contributed by atoms with Gasteiger partial charge in [-0.05, 0) is 29.8 Å². The Morgan fingerprint density at radius 1 is 1.20 bits per heavy atom. The molecule has 0 bridgehead atoms. The maximum absolute atomic E-state index is 12.9. The number of aromatic carboxylic acids is 1. The summed E-state index contributed by atoms with van der Waals surface area (Å²) in [7, 11) is 2.73. The molecule has 0 aliphatic carbocycles. The monoisotopic (exact) mass is 410 g/mol. The molecule has 1 heterocycles. The summed E-state index contributed by atoms with van der Waals surface area (Å²) in [6, 6.07) is 8.14. The first-order chi connectivity index (χ1) is 14.3. The van der Waals surface area contributed by atoms with Gasteiger partial charge in [0.25, 0.3) is 11.2 Å². The predicted molar refractivity (Wildman–Crippen MR) is 105 cm³/mol. The Hall–Kier alpha value is -4.34. The highest BCUT2D eigenvalue weighted by molar-refractivity contribution is 5.86. The van der Waals surface area contributed by atoms with Gasteiger partial charge in [-0.25, -0.2) is 4.68 Å². The van der Waals surface area contributed by atoms with Gasteiger partial charge in [-0.3, -0.25) is 20.0 Å². The number of nitro benzene ring substituents is 1. The molecule has 0 aliphatic rings. The summed E-state index contributed by atoms with van der Waals surface area (Å²) in [4.78, 5) is 34.9. The fraction of sp³-hybridized carbons (Fsp3) is 0.100. The number of carbonyl (C=O) groups excluding carboxylic acids is 1. The maximum atomic E-state index is 12.9. The zero-order valence-electron chi connectivity index (χ0n) is 16.0. The normalized spacial score (nSPS) is 11.3. The molecule has 0 saturated heterocycles. The predicted octanol–water partition coefficient (Wildman–Crippen LogP) is -0.306. The van der Waals surface area contributed by atoms with Gasteiger partial charge in [0.15, 0.2) is 11.5 Å². The second-order valence-corrected chi connectivity index (χ2v) is 6.15. The largest absolute Gasteiger partial charge is 0.545 e. The summed E-state index contributed by atoms with van der Waals surface area (Å²) >= 11 is 0. The van der Waals surface area contributed by atoms with Crippen molar-refractivity contribution in [2.24, 2.45) is 0 Å². The molecule has 1 N–H and O–H groups in total. The molecular formula is C20H16N3O7-. The Morgan fingerprint density at radius 3 is 2.47 bits per heavy atom. The molecule has 2 aromatic carbocycles. The average Bonchev–Trinajstić information content (AvgIpc) is 3.01. The van der Waals surface area contributed by atoms with E-state index in [1.54, 1.807) is 0 Å². The zero-order valence-corrected chi connectivity index (χ0v) is 16.0. The van der Waals surface area contributed by atoms with Crippen LogP contribution in [0.2, 0.25) is 0 Å². The van der Waals surface area contributed by atoms with Gasteiger partial charge in [0.1, 0.15) is 0 Å². The number of ether oxygens (including phenoxy) is 2. The first kappa shape index (κ1) is 20.4. The van der Waals surface area contributed by atoms with Crippen LogP contribution in [0.5, 0.6) is 11.5 Å². The lowest BCUT2D eigenvalue weighted by atomic mass is 10.1. The highest BCUT2D eigenvalue weighted by Gasteiger charge is 2.18. The second kappa shape index (κ2) is 7.95. The van der Waals surface area contributed by atoms with Crippen LogP contribution in [0.3, 0.4) is 0 Å². The van der Waals surface area contributed by atoms with Gasteiger partial charge < -0.3 is 19.4 Å². The molecule has 0 atom stereocenters.